The second kappa shape index (κ2) is 7.87. The Balaban J connectivity index is 1.59. The monoisotopic (exact) mass is 347 g/mol. The summed E-state index contributed by atoms with van der Waals surface area (Å²) in [6.07, 6.45) is 11.7. The molecule has 0 aromatic heterocycles. The van der Waals surface area contributed by atoms with Crippen molar-refractivity contribution in [1.29, 1.82) is 5.26 Å². The predicted octanol–water partition coefficient (Wildman–Crippen LogP) is 6.84. The van der Waals surface area contributed by atoms with Crippen LogP contribution < -0.4 is 0 Å². The van der Waals surface area contributed by atoms with Crippen molar-refractivity contribution in [2.75, 3.05) is 0 Å². The summed E-state index contributed by atoms with van der Waals surface area (Å²) >= 11 is 6.07. The summed E-state index contributed by atoms with van der Waals surface area (Å²) in [7, 11) is 0. The van der Waals surface area contributed by atoms with Gasteiger partial charge in [-0.2, -0.15) is 5.26 Å². The quantitative estimate of drug-likeness (QED) is 0.587. The maximum Gasteiger partial charge on any atom is 0.142 e. The van der Waals surface area contributed by atoms with Crippen LogP contribution >= 0.6 is 11.6 Å². The third kappa shape index (κ3) is 3.77. The molecule has 2 aliphatic carbocycles. The lowest BCUT2D eigenvalue weighted by molar-refractivity contribution is 0.158. The van der Waals surface area contributed by atoms with Crippen LogP contribution in [-0.2, 0) is 0 Å². The van der Waals surface area contributed by atoms with Crippen molar-refractivity contribution in [3.05, 3.63) is 34.1 Å². The molecule has 0 aliphatic heterocycles. The van der Waals surface area contributed by atoms with E-state index < -0.39 is 5.82 Å². The molecule has 3 rings (SSSR count). The molecular weight excluding hydrogens is 321 g/mol. The van der Waals surface area contributed by atoms with E-state index in [9.17, 15) is 4.39 Å². The SMILES string of the molecule is CCC1CCC(C2CCC(c3cc(F)c(C#N)c(Cl)c3)CC2)CC1. The average Bonchev–Trinajstić information content (AvgIpc) is 2.62. The third-order valence-electron chi connectivity index (χ3n) is 6.55. The minimum Gasteiger partial charge on any atom is -0.205 e. The normalized spacial score (nSPS) is 30.8. The minimum absolute atomic E-state index is 0.0261. The van der Waals surface area contributed by atoms with Crippen LogP contribution in [0.2, 0.25) is 5.02 Å². The Hall–Kier alpha value is -1.07. The second-order valence-corrected chi connectivity index (χ2v) is 8.18. The second-order valence-electron chi connectivity index (χ2n) is 7.77. The van der Waals surface area contributed by atoms with Gasteiger partial charge in [0, 0.05) is 0 Å². The van der Waals surface area contributed by atoms with Gasteiger partial charge in [-0.15, -0.1) is 0 Å². The lowest BCUT2D eigenvalue weighted by Crippen LogP contribution is -2.25. The highest BCUT2D eigenvalue weighted by atomic mass is 35.5. The van der Waals surface area contributed by atoms with Crippen molar-refractivity contribution < 1.29 is 4.39 Å². The van der Waals surface area contributed by atoms with Crippen molar-refractivity contribution in [3.63, 3.8) is 0 Å². The summed E-state index contributed by atoms with van der Waals surface area (Å²) in [6, 6.07) is 5.18. The smallest absolute Gasteiger partial charge is 0.142 e. The van der Waals surface area contributed by atoms with Gasteiger partial charge in [-0.25, -0.2) is 4.39 Å². The average molecular weight is 348 g/mol. The number of rotatable bonds is 3. The Labute approximate surface area is 150 Å². The summed E-state index contributed by atoms with van der Waals surface area (Å²) in [6.45, 7) is 2.32. The van der Waals surface area contributed by atoms with Gasteiger partial charge >= 0.3 is 0 Å². The molecule has 0 amide bonds. The fraction of sp³-hybridized carbons (Fsp3) is 0.667. The van der Waals surface area contributed by atoms with Gasteiger partial charge < -0.3 is 0 Å². The predicted molar refractivity (Wildman–Crippen MR) is 96.6 cm³/mol. The third-order valence-corrected chi connectivity index (χ3v) is 6.85. The highest BCUT2D eigenvalue weighted by molar-refractivity contribution is 6.31. The number of hydrogen-bond acceptors (Lipinski definition) is 1. The minimum atomic E-state index is -0.472. The molecule has 2 saturated carbocycles. The van der Waals surface area contributed by atoms with Crippen molar-refractivity contribution in [1.82, 2.24) is 0 Å². The first-order valence-electron chi connectivity index (χ1n) is 9.51. The molecule has 0 unspecified atom stereocenters. The zero-order valence-corrected chi connectivity index (χ0v) is 15.3. The summed E-state index contributed by atoms with van der Waals surface area (Å²) in [4.78, 5) is 0. The number of nitriles is 1. The lowest BCUT2D eigenvalue weighted by atomic mass is 9.68. The van der Waals surface area contributed by atoms with Crippen molar-refractivity contribution >= 4 is 11.6 Å². The summed E-state index contributed by atoms with van der Waals surface area (Å²) in [5.74, 6) is 2.65. The molecule has 1 nitrogen and oxygen atoms in total. The fourth-order valence-electron chi connectivity index (χ4n) is 4.93. The Morgan fingerprint density at radius 2 is 1.62 bits per heavy atom. The van der Waals surface area contributed by atoms with Crippen molar-refractivity contribution in [2.45, 2.75) is 70.6 Å². The maximum absolute atomic E-state index is 14.0. The van der Waals surface area contributed by atoms with Crippen LogP contribution in [0.5, 0.6) is 0 Å². The van der Waals surface area contributed by atoms with Gasteiger partial charge in [0.05, 0.1) is 5.02 Å². The van der Waals surface area contributed by atoms with Crippen molar-refractivity contribution in [3.8, 4) is 6.07 Å². The van der Waals surface area contributed by atoms with E-state index >= 15 is 0 Å². The van der Waals surface area contributed by atoms with E-state index in [4.69, 9.17) is 16.9 Å². The molecule has 0 bridgehead atoms. The van der Waals surface area contributed by atoms with E-state index in [0.717, 1.165) is 36.2 Å². The molecular formula is C21H27ClFN. The highest BCUT2D eigenvalue weighted by Crippen LogP contribution is 2.44. The highest BCUT2D eigenvalue weighted by Gasteiger charge is 2.31. The largest absolute Gasteiger partial charge is 0.205 e. The first kappa shape index (κ1) is 17.7. The van der Waals surface area contributed by atoms with E-state index in [1.165, 1.54) is 51.0 Å². The molecule has 0 heterocycles. The van der Waals surface area contributed by atoms with E-state index in [-0.39, 0.29) is 10.6 Å². The van der Waals surface area contributed by atoms with Crippen molar-refractivity contribution in [2.24, 2.45) is 17.8 Å². The fourth-order valence-corrected chi connectivity index (χ4v) is 5.19. The molecule has 24 heavy (non-hydrogen) atoms. The summed E-state index contributed by atoms with van der Waals surface area (Å²) in [5, 5.41) is 9.20. The summed E-state index contributed by atoms with van der Waals surface area (Å²) < 4.78 is 14.0. The van der Waals surface area contributed by atoms with Gasteiger partial charge in [0.25, 0.3) is 0 Å². The number of hydrogen-bond donors (Lipinski definition) is 0. The van der Waals surface area contributed by atoms with Gasteiger partial charge in [0.2, 0.25) is 0 Å². The Bertz CT molecular complexity index is 582. The van der Waals surface area contributed by atoms with Gasteiger partial charge in [0.15, 0.2) is 0 Å². The Kier molecular flexibility index (Phi) is 5.82. The molecule has 1 aromatic rings. The van der Waals surface area contributed by atoms with Gasteiger partial charge in [-0.1, -0.05) is 37.8 Å². The molecule has 130 valence electrons. The molecule has 0 radical (unpaired) electrons. The first-order valence-corrected chi connectivity index (χ1v) is 9.89. The van der Waals surface area contributed by atoms with E-state index in [2.05, 4.69) is 6.92 Å². The van der Waals surface area contributed by atoms with Crippen LogP contribution in [0.4, 0.5) is 4.39 Å². The van der Waals surface area contributed by atoms with Crippen LogP contribution in [0.3, 0.4) is 0 Å². The zero-order chi connectivity index (χ0) is 17.1. The van der Waals surface area contributed by atoms with Crippen LogP contribution in [-0.4, -0.2) is 0 Å². The van der Waals surface area contributed by atoms with Gasteiger partial charge in [-0.05, 0) is 79.9 Å². The van der Waals surface area contributed by atoms with Crippen LogP contribution in [0, 0.1) is 34.9 Å². The van der Waals surface area contributed by atoms with Crippen LogP contribution in [0.1, 0.15) is 81.8 Å². The topological polar surface area (TPSA) is 23.8 Å². The van der Waals surface area contributed by atoms with Crippen LogP contribution in [0.25, 0.3) is 0 Å². The van der Waals surface area contributed by atoms with E-state index in [0.29, 0.717) is 5.92 Å². The molecule has 0 spiro atoms. The molecule has 0 N–H and O–H groups in total. The molecule has 2 aliphatic rings. The summed E-state index contributed by atoms with van der Waals surface area (Å²) in [5.41, 5.74) is 0.950. The molecule has 0 saturated heterocycles. The molecule has 1 aromatic carbocycles. The van der Waals surface area contributed by atoms with Crippen LogP contribution in [0.15, 0.2) is 12.1 Å². The maximum atomic E-state index is 14.0. The number of nitrogens with zero attached hydrogens (tertiary/aromatic N) is 1. The zero-order valence-electron chi connectivity index (χ0n) is 14.5. The Morgan fingerprint density at radius 1 is 1.04 bits per heavy atom. The first-order chi connectivity index (χ1) is 11.6. The Morgan fingerprint density at radius 3 is 2.12 bits per heavy atom. The van der Waals surface area contributed by atoms with E-state index in [1.807, 2.05) is 6.07 Å². The molecule has 0 atom stereocenters. The molecule has 2 fully saturated rings. The van der Waals surface area contributed by atoms with Gasteiger partial charge in [-0.3, -0.25) is 0 Å². The number of benzene rings is 1. The van der Waals surface area contributed by atoms with E-state index in [1.54, 1.807) is 6.07 Å². The standard InChI is InChI=1S/C21H27ClFN/c1-2-14-3-5-15(6-4-14)16-7-9-17(10-8-16)18-11-20(22)19(13-24)21(23)12-18/h11-12,14-17H,2-10H2,1H3. The lowest BCUT2D eigenvalue weighted by Gasteiger charge is -2.38. The van der Waals surface area contributed by atoms with Gasteiger partial charge in [0.1, 0.15) is 17.4 Å². The number of halogens is 2. The molecule has 3 heteroatoms.